The molecule has 0 saturated carbocycles. The fourth-order valence-corrected chi connectivity index (χ4v) is 3.86. The van der Waals surface area contributed by atoms with E-state index >= 15 is 0 Å². The molecule has 2 aromatic carbocycles. The highest BCUT2D eigenvalue weighted by Gasteiger charge is 2.34. The van der Waals surface area contributed by atoms with E-state index in [0.29, 0.717) is 30.2 Å². The molecule has 0 aromatic heterocycles. The van der Waals surface area contributed by atoms with Gasteiger partial charge in [-0.05, 0) is 57.0 Å². The van der Waals surface area contributed by atoms with Crippen LogP contribution in [-0.4, -0.2) is 36.0 Å². The summed E-state index contributed by atoms with van der Waals surface area (Å²) in [5, 5.41) is 6.54. The predicted molar refractivity (Wildman–Crippen MR) is 117 cm³/mol. The Balaban J connectivity index is 1.79. The summed E-state index contributed by atoms with van der Waals surface area (Å²) in [7, 11) is 0. The van der Waals surface area contributed by atoms with Gasteiger partial charge in [0.15, 0.2) is 0 Å². The number of nitrogens with one attached hydrogen (secondary N) is 2. The molecular formula is C23H28ClN3O2. The minimum atomic E-state index is -0.289. The number of nitrogens with zero attached hydrogens (tertiary/aromatic N) is 1. The summed E-state index contributed by atoms with van der Waals surface area (Å²) in [5.41, 5.74) is 3.04. The van der Waals surface area contributed by atoms with Crippen molar-refractivity contribution in [3.05, 3.63) is 64.7 Å². The van der Waals surface area contributed by atoms with Gasteiger partial charge in [-0.2, -0.15) is 0 Å². The third kappa shape index (κ3) is 5.73. The highest BCUT2D eigenvalue weighted by molar-refractivity contribution is 6.30. The number of urea groups is 1. The lowest BCUT2D eigenvalue weighted by Gasteiger charge is -2.38. The van der Waals surface area contributed by atoms with Gasteiger partial charge in [-0.3, -0.25) is 4.79 Å². The van der Waals surface area contributed by atoms with Crippen LogP contribution in [0.5, 0.6) is 0 Å². The SMILES string of the molecule is Cc1cccc(C2CC(C(=O)Nc3ccc(Cl)cc3)CN(C(=O)NC(C)C)C2)c1. The molecular weight excluding hydrogens is 386 g/mol. The Morgan fingerprint density at radius 2 is 1.83 bits per heavy atom. The first kappa shape index (κ1) is 21.2. The lowest BCUT2D eigenvalue weighted by Crippen LogP contribution is -2.51. The summed E-state index contributed by atoms with van der Waals surface area (Å²) in [4.78, 5) is 27.4. The van der Waals surface area contributed by atoms with E-state index in [9.17, 15) is 9.59 Å². The van der Waals surface area contributed by atoms with E-state index in [-0.39, 0.29) is 29.8 Å². The molecule has 0 spiro atoms. The van der Waals surface area contributed by atoms with Crippen LogP contribution >= 0.6 is 11.6 Å². The smallest absolute Gasteiger partial charge is 0.317 e. The van der Waals surface area contributed by atoms with E-state index < -0.39 is 0 Å². The van der Waals surface area contributed by atoms with Gasteiger partial charge in [-0.25, -0.2) is 4.79 Å². The van der Waals surface area contributed by atoms with Crippen molar-refractivity contribution in [2.75, 3.05) is 18.4 Å². The van der Waals surface area contributed by atoms with E-state index in [1.165, 1.54) is 5.56 Å². The second-order valence-electron chi connectivity index (χ2n) is 8.05. The topological polar surface area (TPSA) is 61.4 Å². The van der Waals surface area contributed by atoms with Gasteiger partial charge in [0, 0.05) is 35.8 Å². The minimum Gasteiger partial charge on any atom is -0.336 e. The molecule has 3 amide bonds. The second kappa shape index (κ2) is 9.31. The summed E-state index contributed by atoms with van der Waals surface area (Å²) < 4.78 is 0. The number of likely N-dealkylation sites (tertiary alicyclic amines) is 1. The molecule has 1 fully saturated rings. The number of anilines is 1. The molecule has 29 heavy (non-hydrogen) atoms. The zero-order valence-corrected chi connectivity index (χ0v) is 17.9. The molecule has 0 radical (unpaired) electrons. The number of benzene rings is 2. The van der Waals surface area contributed by atoms with Gasteiger partial charge < -0.3 is 15.5 Å². The standard InChI is InChI=1S/C23H28ClN3O2/c1-15(2)25-23(29)27-13-18(17-6-4-5-16(3)11-17)12-19(14-27)22(28)26-21-9-7-20(24)8-10-21/h4-11,15,18-19H,12-14H2,1-3H3,(H,25,29)(H,26,28). The Morgan fingerprint density at radius 3 is 2.48 bits per heavy atom. The number of rotatable bonds is 4. The normalized spacial score (nSPS) is 19.1. The van der Waals surface area contributed by atoms with Crippen LogP contribution in [0.15, 0.2) is 48.5 Å². The molecule has 3 rings (SSSR count). The van der Waals surface area contributed by atoms with Crippen molar-refractivity contribution in [2.45, 2.75) is 39.2 Å². The van der Waals surface area contributed by atoms with Crippen molar-refractivity contribution < 1.29 is 9.59 Å². The third-order valence-electron chi connectivity index (χ3n) is 5.15. The largest absolute Gasteiger partial charge is 0.336 e. The Labute approximate surface area is 177 Å². The van der Waals surface area contributed by atoms with Crippen LogP contribution in [0.2, 0.25) is 5.02 Å². The Morgan fingerprint density at radius 1 is 1.10 bits per heavy atom. The summed E-state index contributed by atoms with van der Waals surface area (Å²) in [6.07, 6.45) is 0.703. The molecule has 1 aliphatic rings. The lowest BCUT2D eigenvalue weighted by atomic mass is 9.83. The average molecular weight is 414 g/mol. The highest BCUT2D eigenvalue weighted by Crippen LogP contribution is 2.31. The van der Waals surface area contributed by atoms with Crippen molar-refractivity contribution in [1.82, 2.24) is 10.2 Å². The van der Waals surface area contributed by atoms with Crippen LogP contribution in [0.3, 0.4) is 0 Å². The molecule has 5 nitrogen and oxygen atoms in total. The van der Waals surface area contributed by atoms with E-state index in [0.717, 1.165) is 5.56 Å². The number of carbonyl (C=O) groups excluding carboxylic acids is 2. The minimum absolute atomic E-state index is 0.0446. The molecule has 0 bridgehead atoms. The van der Waals surface area contributed by atoms with Crippen molar-refractivity contribution >= 4 is 29.2 Å². The molecule has 2 unspecified atom stereocenters. The first-order valence-corrected chi connectivity index (χ1v) is 10.4. The van der Waals surface area contributed by atoms with Crippen molar-refractivity contribution in [3.63, 3.8) is 0 Å². The zero-order valence-electron chi connectivity index (χ0n) is 17.1. The van der Waals surface area contributed by atoms with Gasteiger partial charge in [-0.15, -0.1) is 0 Å². The first-order valence-electron chi connectivity index (χ1n) is 10.00. The fraction of sp³-hybridized carbons (Fsp3) is 0.391. The first-order chi connectivity index (χ1) is 13.8. The Hall–Kier alpha value is -2.53. The molecule has 2 N–H and O–H groups in total. The van der Waals surface area contributed by atoms with Gasteiger partial charge in [0.25, 0.3) is 0 Å². The van der Waals surface area contributed by atoms with E-state index in [4.69, 9.17) is 11.6 Å². The molecule has 2 aromatic rings. The van der Waals surface area contributed by atoms with E-state index in [1.54, 1.807) is 29.2 Å². The molecule has 1 saturated heterocycles. The average Bonchev–Trinajstić information content (AvgIpc) is 2.69. The quantitative estimate of drug-likeness (QED) is 0.755. The monoisotopic (exact) mass is 413 g/mol. The number of halogens is 1. The van der Waals surface area contributed by atoms with Crippen LogP contribution in [-0.2, 0) is 4.79 Å². The maximum Gasteiger partial charge on any atom is 0.317 e. The van der Waals surface area contributed by atoms with Crippen LogP contribution in [0.4, 0.5) is 10.5 Å². The van der Waals surface area contributed by atoms with Gasteiger partial charge in [-0.1, -0.05) is 41.4 Å². The maximum absolute atomic E-state index is 13.0. The molecule has 2 atom stereocenters. The third-order valence-corrected chi connectivity index (χ3v) is 5.40. The van der Waals surface area contributed by atoms with Crippen LogP contribution in [0.25, 0.3) is 0 Å². The van der Waals surface area contributed by atoms with Crippen LogP contribution in [0.1, 0.15) is 37.3 Å². The number of aryl methyl sites for hydroxylation is 1. The molecule has 1 aliphatic heterocycles. The van der Waals surface area contributed by atoms with Gasteiger partial charge in [0.1, 0.15) is 0 Å². The molecule has 154 valence electrons. The van der Waals surface area contributed by atoms with Crippen molar-refractivity contribution in [3.8, 4) is 0 Å². The molecule has 6 heteroatoms. The fourth-order valence-electron chi connectivity index (χ4n) is 3.74. The summed E-state index contributed by atoms with van der Waals surface area (Å²) in [6.45, 7) is 6.93. The summed E-state index contributed by atoms with van der Waals surface area (Å²) in [5.74, 6) is -0.252. The Kier molecular flexibility index (Phi) is 6.80. The second-order valence-corrected chi connectivity index (χ2v) is 8.49. The number of hydrogen-bond acceptors (Lipinski definition) is 2. The number of hydrogen-bond donors (Lipinski definition) is 2. The lowest BCUT2D eigenvalue weighted by molar-refractivity contribution is -0.121. The number of amides is 3. The van der Waals surface area contributed by atoms with E-state index in [2.05, 4.69) is 35.8 Å². The maximum atomic E-state index is 13.0. The Bertz CT molecular complexity index is 867. The van der Waals surface area contributed by atoms with Crippen LogP contribution in [0, 0.1) is 12.8 Å². The van der Waals surface area contributed by atoms with Crippen molar-refractivity contribution in [2.24, 2.45) is 5.92 Å². The summed E-state index contributed by atoms with van der Waals surface area (Å²) >= 11 is 5.93. The highest BCUT2D eigenvalue weighted by atomic mass is 35.5. The van der Waals surface area contributed by atoms with Crippen molar-refractivity contribution in [1.29, 1.82) is 0 Å². The van der Waals surface area contributed by atoms with E-state index in [1.807, 2.05) is 19.9 Å². The van der Waals surface area contributed by atoms with Crippen LogP contribution < -0.4 is 10.6 Å². The summed E-state index contributed by atoms with van der Waals surface area (Å²) in [6, 6.07) is 15.3. The zero-order chi connectivity index (χ0) is 21.0. The molecule has 0 aliphatic carbocycles. The van der Waals surface area contributed by atoms with Gasteiger partial charge in [0.05, 0.1) is 5.92 Å². The van der Waals surface area contributed by atoms with Gasteiger partial charge in [0.2, 0.25) is 5.91 Å². The number of carbonyl (C=O) groups is 2. The predicted octanol–water partition coefficient (Wildman–Crippen LogP) is 4.81. The number of piperidine rings is 1. The molecule has 1 heterocycles. The van der Waals surface area contributed by atoms with Gasteiger partial charge >= 0.3 is 6.03 Å².